The van der Waals surface area contributed by atoms with Crippen LogP contribution in [-0.2, 0) is 4.79 Å². The maximum atomic E-state index is 13.4. The monoisotopic (exact) mass is 476 g/mol. The summed E-state index contributed by atoms with van der Waals surface area (Å²) in [4.78, 5) is 26.3. The molecule has 182 valence electrons. The summed E-state index contributed by atoms with van der Waals surface area (Å²) >= 11 is 0. The largest absolute Gasteiger partial charge is 0.497 e. The van der Waals surface area contributed by atoms with Crippen LogP contribution in [0, 0.1) is 0 Å². The van der Waals surface area contributed by atoms with Crippen molar-refractivity contribution >= 4 is 17.9 Å². The van der Waals surface area contributed by atoms with Crippen molar-refractivity contribution < 1.29 is 28.2 Å². The molecule has 2 heterocycles. The number of carbonyl (C=O) groups is 2. The number of nitrogens with one attached hydrogen (secondary N) is 2. The Balaban J connectivity index is 1.60. The van der Waals surface area contributed by atoms with Crippen LogP contribution in [0.25, 0.3) is 6.08 Å². The predicted octanol–water partition coefficient (Wildman–Crippen LogP) is 4.49. The molecule has 0 radical (unpaired) electrons. The van der Waals surface area contributed by atoms with Crippen LogP contribution in [-0.4, -0.2) is 31.6 Å². The van der Waals surface area contributed by atoms with Crippen LogP contribution in [0.2, 0.25) is 0 Å². The van der Waals surface area contributed by atoms with Crippen LogP contribution in [0.3, 0.4) is 0 Å². The Hall–Kier alpha value is -4.20. The second-order valence-corrected chi connectivity index (χ2v) is 8.75. The van der Waals surface area contributed by atoms with E-state index in [0.29, 0.717) is 35.0 Å². The molecule has 1 atom stereocenters. The highest BCUT2D eigenvalue weighted by molar-refractivity contribution is 6.05. The SMILES string of the molecule is COc1ccc(C(=O)N/C(=C\c2ccco2)C(=O)N[C@H]2CC(C)(C)Oc3cc(OC)ccc32)cc1. The fourth-order valence-corrected chi connectivity index (χ4v) is 3.93. The standard InChI is InChI=1S/C27H28N2O6/c1-27(2)16-23(21-12-11-19(33-4)15-24(21)35-27)29-26(31)22(14-20-6-5-13-34-20)28-25(30)17-7-9-18(32-3)10-8-17/h5-15,23H,16H2,1-4H3,(H,28,30)(H,29,31)/b22-14-/t23-/m0/s1. The van der Waals surface area contributed by atoms with Crippen molar-refractivity contribution in [1.29, 1.82) is 0 Å². The van der Waals surface area contributed by atoms with Gasteiger partial charge in [-0.3, -0.25) is 9.59 Å². The third-order valence-electron chi connectivity index (χ3n) is 5.66. The Morgan fingerprint density at radius 3 is 2.40 bits per heavy atom. The van der Waals surface area contributed by atoms with Crippen molar-refractivity contribution in [2.75, 3.05) is 14.2 Å². The lowest BCUT2D eigenvalue weighted by atomic mass is 9.89. The molecule has 0 aliphatic carbocycles. The highest BCUT2D eigenvalue weighted by Gasteiger charge is 2.35. The minimum atomic E-state index is -0.519. The molecule has 3 aromatic rings. The molecule has 0 spiro atoms. The van der Waals surface area contributed by atoms with Gasteiger partial charge in [-0.05, 0) is 62.4 Å². The number of hydrogen-bond acceptors (Lipinski definition) is 6. The Kier molecular flexibility index (Phi) is 6.82. The van der Waals surface area contributed by atoms with Crippen molar-refractivity contribution in [2.24, 2.45) is 0 Å². The fourth-order valence-electron chi connectivity index (χ4n) is 3.93. The molecule has 0 saturated carbocycles. The Labute approximate surface area is 203 Å². The van der Waals surface area contributed by atoms with Crippen molar-refractivity contribution in [1.82, 2.24) is 10.6 Å². The number of ether oxygens (including phenoxy) is 3. The Bertz CT molecular complexity index is 1230. The highest BCUT2D eigenvalue weighted by Crippen LogP contribution is 2.41. The number of hydrogen-bond donors (Lipinski definition) is 2. The topological polar surface area (TPSA) is 99.0 Å². The molecule has 2 N–H and O–H groups in total. The molecule has 1 aromatic heterocycles. The van der Waals surface area contributed by atoms with Gasteiger partial charge in [0.15, 0.2) is 0 Å². The van der Waals surface area contributed by atoms with Crippen LogP contribution < -0.4 is 24.8 Å². The summed E-state index contributed by atoms with van der Waals surface area (Å²) in [5.74, 6) is 1.48. The molecule has 0 fully saturated rings. The molecular formula is C27H28N2O6. The van der Waals surface area contributed by atoms with Gasteiger partial charge in [0.2, 0.25) is 0 Å². The normalized spacial score (nSPS) is 16.5. The number of methoxy groups -OCH3 is 2. The average Bonchev–Trinajstić information content (AvgIpc) is 3.35. The average molecular weight is 477 g/mol. The van der Waals surface area contributed by atoms with Crippen LogP contribution in [0.4, 0.5) is 0 Å². The molecular weight excluding hydrogens is 448 g/mol. The van der Waals surface area contributed by atoms with Gasteiger partial charge in [0.1, 0.15) is 34.3 Å². The van der Waals surface area contributed by atoms with E-state index in [1.807, 2.05) is 26.0 Å². The Morgan fingerprint density at radius 2 is 1.74 bits per heavy atom. The summed E-state index contributed by atoms with van der Waals surface area (Å²) in [6, 6.07) is 15.2. The first-order valence-corrected chi connectivity index (χ1v) is 11.2. The lowest BCUT2D eigenvalue weighted by molar-refractivity contribution is -0.119. The first-order chi connectivity index (χ1) is 16.8. The highest BCUT2D eigenvalue weighted by atomic mass is 16.5. The summed E-state index contributed by atoms with van der Waals surface area (Å²) in [5, 5.41) is 5.77. The summed E-state index contributed by atoms with van der Waals surface area (Å²) in [6.45, 7) is 3.92. The first kappa shape index (κ1) is 23.9. The summed E-state index contributed by atoms with van der Waals surface area (Å²) in [5.41, 5.74) is 0.750. The van der Waals surface area contributed by atoms with E-state index in [-0.39, 0.29) is 11.7 Å². The minimum absolute atomic E-state index is 0.0557. The van der Waals surface area contributed by atoms with Crippen LogP contribution in [0.1, 0.15) is 48.0 Å². The van der Waals surface area contributed by atoms with Crippen molar-refractivity contribution in [2.45, 2.75) is 31.9 Å². The molecule has 2 amide bonds. The molecule has 35 heavy (non-hydrogen) atoms. The third kappa shape index (κ3) is 5.66. The first-order valence-electron chi connectivity index (χ1n) is 11.2. The summed E-state index contributed by atoms with van der Waals surface area (Å²) in [6.07, 6.45) is 3.53. The van der Waals surface area contributed by atoms with Crippen molar-refractivity contribution in [3.63, 3.8) is 0 Å². The molecule has 1 aliphatic rings. The number of furan rings is 1. The molecule has 8 heteroatoms. The van der Waals surface area contributed by atoms with Gasteiger partial charge >= 0.3 is 0 Å². The van der Waals surface area contributed by atoms with E-state index in [2.05, 4.69) is 10.6 Å². The van der Waals surface area contributed by atoms with Crippen molar-refractivity contribution in [3.05, 3.63) is 83.4 Å². The van der Waals surface area contributed by atoms with Gasteiger partial charge < -0.3 is 29.3 Å². The molecule has 8 nitrogen and oxygen atoms in total. The van der Waals surface area contributed by atoms with Gasteiger partial charge in [0.05, 0.1) is 26.5 Å². The molecule has 0 bridgehead atoms. The summed E-state index contributed by atoms with van der Waals surface area (Å²) < 4.78 is 22.0. The number of amides is 2. The Morgan fingerprint density at radius 1 is 1.03 bits per heavy atom. The van der Waals surface area contributed by atoms with Gasteiger partial charge in [-0.2, -0.15) is 0 Å². The second kappa shape index (κ2) is 9.97. The number of rotatable bonds is 7. The predicted molar refractivity (Wildman–Crippen MR) is 130 cm³/mol. The summed E-state index contributed by atoms with van der Waals surface area (Å²) in [7, 11) is 3.14. The lowest BCUT2D eigenvalue weighted by Crippen LogP contribution is -2.43. The van der Waals surface area contributed by atoms with Crippen LogP contribution >= 0.6 is 0 Å². The van der Waals surface area contributed by atoms with Gasteiger partial charge in [-0.25, -0.2) is 0 Å². The second-order valence-electron chi connectivity index (χ2n) is 8.75. The van der Waals surface area contributed by atoms with Gasteiger partial charge in [-0.15, -0.1) is 0 Å². The van der Waals surface area contributed by atoms with Gasteiger partial charge in [-0.1, -0.05) is 0 Å². The fraction of sp³-hybridized carbons (Fsp3) is 0.259. The number of benzene rings is 2. The van der Waals surface area contributed by atoms with E-state index in [1.54, 1.807) is 56.7 Å². The lowest BCUT2D eigenvalue weighted by Gasteiger charge is -2.38. The maximum absolute atomic E-state index is 13.4. The van der Waals surface area contributed by atoms with E-state index in [0.717, 1.165) is 5.56 Å². The number of carbonyl (C=O) groups excluding carboxylic acids is 2. The van der Waals surface area contributed by atoms with Crippen molar-refractivity contribution in [3.8, 4) is 17.2 Å². The molecule has 0 unspecified atom stereocenters. The van der Waals surface area contributed by atoms with E-state index in [4.69, 9.17) is 18.6 Å². The van der Waals surface area contributed by atoms with E-state index in [9.17, 15) is 9.59 Å². The van der Waals surface area contributed by atoms with Crippen LogP contribution in [0.5, 0.6) is 17.2 Å². The quantitative estimate of drug-likeness (QED) is 0.488. The molecule has 2 aromatic carbocycles. The van der Waals surface area contributed by atoms with E-state index in [1.165, 1.54) is 12.3 Å². The van der Waals surface area contributed by atoms with Crippen LogP contribution in [0.15, 0.2) is 71.0 Å². The van der Waals surface area contributed by atoms with Gasteiger partial charge in [0.25, 0.3) is 11.8 Å². The molecule has 0 saturated heterocycles. The van der Waals surface area contributed by atoms with E-state index < -0.39 is 17.4 Å². The minimum Gasteiger partial charge on any atom is -0.497 e. The van der Waals surface area contributed by atoms with E-state index >= 15 is 0 Å². The maximum Gasteiger partial charge on any atom is 0.268 e. The van der Waals surface area contributed by atoms with Gasteiger partial charge in [0, 0.05) is 29.7 Å². The number of fused-ring (bicyclic) bond motifs is 1. The zero-order chi connectivity index (χ0) is 25.0. The molecule has 1 aliphatic heterocycles. The zero-order valence-electron chi connectivity index (χ0n) is 20.1. The molecule has 4 rings (SSSR count). The third-order valence-corrected chi connectivity index (χ3v) is 5.66. The smallest absolute Gasteiger partial charge is 0.268 e. The zero-order valence-corrected chi connectivity index (χ0v) is 20.1.